The zero-order valence-electron chi connectivity index (χ0n) is 12.0. The van der Waals surface area contributed by atoms with Crippen LogP contribution in [0.1, 0.15) is 18.5 Å². The van der Waals surface area contributed by atoms with Crippen LogP contribution in [0.4, 0.5) is 0 Å². The van der Waals surface area contributed by atoms with Crippen LogP contribution in [0.5, 0.6) is 0 Å². The molecule has 7 heteroatoms. The molecule has 0 fully saturated rings. The Balaban J connectivity index is 2.37. The summed E-state index contributed by atoms with van der Waals surface area (Å²) in [6, 6.07) is 6.46. The zero-order chi connectivity index (χ0) is 15.8. The standard InChI is InChI=1S/C14H19ClN2O3S/c1-9(10-5-3-4-6-11(10)15)17-13(18)8-21-7-12(16)14(19)20-2/h3-6,9,12H,7-8,16H2,1-2H3,(H,17,18). The van der Waals surface area contributed by atoms with Crippen molar-refractivity contribution in [3.05, 3.63) is 34.9 Å². The van der Waals surface area contributed by atoms with Gasteiger partial charge in [0.15, 0.2) is 0 Å². The van der Waals surface area contributed by atoms with Gasteiger partial charge in [0.2, 0.25) is 5.91 Å². The third-order valence-corrected chi connectivity index (χ3v) is 4.19. The molecule has 0 aliphatic rings. The van der Waals surface area contributed by atoms with Crippen LogP contribution in [0.15, 0.2) is 24.3 Å². The Morgan fingerprint density at radius 2 is 2.10 bits per heavy atom. The van der Waals surface area contributed by atoms with Crippen LogP contribution in [0.25, 0.3) is 0 Å². The van der Waals surface area contributed by atoms with Crippen LogP contribution in [0.3, 0.4) is 0 Å². The SMILES string of the molecule is COC(=O)C(N)CSCC(=O)NC(C)c1ccccc1Cl. The van der Waals surface area contributed by atoms with Gasteiger partial charge in [0, 0.05) is 10.8 Å². The molecule has 1 rings (SSSR count). The van der Waals surface area contributed by atoms with Crippen molar-refractivity contribution in [1.29, 1.82) is 0 Å². The van der Waals surface area contributed by atoms with E-state index in [1.165, 1.54) is 18.9 Å². The number of nitrogens with one attached hydrogen (secondary N) is 1. The summed E-state index contributed by atoms with van der Waals surface area (Å²) in [5, 5.41) is 3.47. The van der Waals surface area contributed by atoms with Crippen LogP contribution in [0, 0.1) is 0 Å². The summed E-state index contributed by atoms with van der Waals surface area (Å²) in [6.45, 7) is 1.87. The number of rotatable bonds is 7. The molecule has 21 heavy (non-hydrogen) atoms. The second-order valence-corrected chi connectivity index (χ2v) is 5.89. The molecule has 1 amide bonds. The van der Waals surface area contributed by atoms with Crippen molar-refractivity contribution >= 4 is 35.2 Å². The Labute approximate surface area is 133 Å². The molecule has 0 radical (unpaired) electrons. The van der Waals surface area contributed by atoms with Gasteiger partial charge >= 0.3 is 5.97 Å². The van der Waals surface area contributed by atoms with E-state index >= 15 is 0 Å². The first-order valence-electron chi connectivity index (χ1n) is 6.40. The predicted molar refractivity (Wildman–Crippen MR) is 85.3 cm³/mol. The molecule has 0 saturated heterocycles. The highest BCUT2D eigenvalue weighted by Gasteiger charge is 2.16. The van der Waals surface area contributed by atoms with E-state index in [4.69, 9.17) is 17.3 Å². The molecular weight excluding hydrogens is 312 g/mol. The van der Waals surface area contributed by atoms with Gasteiger partial charge in [-0.15, -0.1) is 11.8 Å². The summed E-state index contributed by atoms with van der Waals surface area (Å²) in [5.74, 6) is -0.0584. The van der Waals surface area contributed by atoms with E-state index in [1.807, 2.05) is 25.1 Å². The van der Waals surface area contributed by atoms with Crippen molar-refractivity contribution < 1.29 is 14.3 Å². The van der Waals surface area contributed by atoms with Gasteiger partial charge in [-0.05, 0) is 18.6 Å². The van der Waals surface area contributed by atoms with Gasteiger partial charge in [-0.1, -0.05) is 29.8 Å². The molecule has 0 saturated carbocycles. The Hall–Kier alpha value is -1.24. The number of methoxy groups -OCH3 is 1. The number of benzene rings is 1. The topological polar surface area (TPSA) is 81.4 Å². The van der Waals surface area contributed by atoms with Crippen molar-refractivity contribution in [2.24, 2.45) is 5.73 Å². The summed E-state index contributed by atoms with van der Waals surface area (Å²) in [7, 11) is 1.28. The number of carbonyl (C=O) groups excluding carboxylic acids is 2. The number of nitrogens with two attached hydrogens (primary N) is 1. The molecule has 1 aromatic rings. The maximum Gasteiger partial charge on any atom is 0.323 e. The molecule has 2 unspecified atom stereocenters. The summed E-state index contributed by atoms with van der Waals surface area (Å²) in [5.41, 5.74) is 6.45. The molecule has 0 aliphatic carbocycles. The first kappa shape index (κ1) is 17.8. The van der Waals surface area contributed by atoms with E-state index < -0.39 is 12.0 Å². The predicted octanol–water partition coefficient (Wildman–Crippen LogP) is 1.75. The highest BCUT2D eigenvalue weighted by atomic mass is 35.5. The largest absolute Gasteiger partial charge is 0.468 e. The van der Waals surface area contributed by atoms with E-state index in [0.717, 1.165) is 5.56 Å². The van der Waals surface area contributed by atoms with Crippen LogP contribution >= 0.6 is 23.4 Å². The summed E-state index contributed by atoms with van der Waals surface area (Å²) in [6.07, 6.45) is 0. The average Bonchev–Trinajstić information content (AvgIpc) is 2.46. The molecule has 0 bridgehead atoms. The highest BCUT2D eigenvalue weighted by Crippen LogP contribution is 2.22. The van der Waals surface area contributed by atoms with E-state index in [-0.39, 0.29) is 17.7 Å². The van der Waals surface area contributed by atoms with E-state index in [9.17, 15) is 9.59 Å². The lowest BCUT2D eigenvalue weighted by atomic mass is 10.1. The normalized spacial score (nSPS) is 13.3. The summed E-state index contributed by atoms with van der Waals surface area (Å²) in [4.78, 5) is 22.9. The van der Waals surface area contributed by atoms with E-state index in [0.29, 0.717) is 10.8 Å². The van der Waals surface area contributed by atoms with Gasteiger partial charge in [-0.25, -0.2) is 0 Å². The van der Waals surface area contributed by atoms with E-state index in [2.05, 4.69) is 10.1 Å². The van der Waals surface area contributed by atoms with Gasteiger partial charge in [-0.2, -0.15) is 0 Å². The van der Waals surface area contributed by atoms with Crippen LogP contribution in [-0.4, -0.2) is 36.5 Å². The van der Waals surface area contributed by atoms with Gasteiger partial charge in [0.05, 0.1) is 18.9 Å². The fourth-order valence-electron chi connectivity index (χ4n) is 1.69. The minimum atomic E-state index is -0.714. The average molecular weight is 331 g/mol. The smallest absolute Gasteiger partial charge is 0.323 e. The quantitative estimate of drug-likeness (QED) is 0.744. The fraction of sp³-hybridized carbons (Fsp3) is 0.429. The highest BCUT2D eigenvalue weighted by molar-refractivity contribution is 8.00. The number of amides is 1. The van der Waals surface area contributed by atoms with Crippen LogP contribution in [-0.2, 0) is 14.3 Å². The molecule has 0 spiro atoms. The van der Waals surface area contributed by atoms with Crippen molar-refractivity contribution in [3.63, 3.8) is 0 Å². The molecular formula is C14H19ClN2O3S. The number of thioether (sulfide) groups is 1. The van der Waals surface area contributed by atoms with Crippen LogP contribution in [0.2, 0.25) is 5.02 Å². The van der Waals surface area contributed by atoms with Gasteiger partial charge in [0.1, 0.15) is 6.04 Å². The van der Waals surface area contributed by atoms with E-state index in [1.54, 1.807) is 6.07 Å². The summed E-state index contributed by atoms with van der Waals surface area (Å²) < 4.78 is 4.51. The second-order valence-electron chi connectivity index (χ2n) is 4.46. The molecule has 0 aromatic heterocycles. The van der Waals surface area contributed by atoms with Crippen molar-refractivity contribution in [3.8, 4) is 0 Å². The molecule has 1 aromatic carbocycles. The number of carbonyl (C=O) groups is 2. The Morgan fingerprint density at radius 1 is 1.43 bits per heavy atom. The first-order chi connectivity index (χ1) is 9.95. The maximum atomic E-state index is 11.8. The first-order valence-corrected chi connectivity index (χ1v) is 7.94. The lowest BCUT2D eigenvalue weighted by molar-refractivity contribution is -0.141. The van der Waals surface area contributed by atoms with Crippen molar-refractivity contribution in [2.45, 2.75) is 19.0 Å². The zero-order valence-corrected chi connectivity index (χ0v) is 13.5. The van der Waals surface area contributed by atoms with Crippen molar-refractivity contribution in [1.82, 2.24) is 5.32 Å². The molecule has 116 valence electrons. The van der Waals surface area contributed by atoms with Gasteiger partial charge < -0.3 is 15.8 Å². The van der Waals surface area contributed by atoms with Crippen molar-refractivity contribution in [2.75, 3.05) is 18.6 Å². The summed E-state index contributed by atoms with van der Waals surface area (Å²) >= 11 is 7.36. The number of halogens is 1. The fourth-order valence-corrected chi connectivity index (χ4v) is 2.76. The molecule has 3 N–H and O–H groups in total. The Kier molecular flexibility index (Phi) is 7.56. The van der Waals surface area contributed by atoms with Gasteiger partial charge in [-0.3, -0.25) is 9.59 Å². The molecule has 2 atom stereocenters. The minimum Gasteiger partial charge on any atom is -0.468 e. The third kappa shape index (κ3) is 5.95. The minimum absolute atomic E-state index is 0.135. The number of esters is 1. The lowest BCUT2D eigenvalue weighted by Crippen LogP contribution is -2.35. The van der Waals surface area contributed by atoms with Gasteiger partial charge in [0.25, 0.3) is 0 Å². The van der Waals surface area contributed by atoms with Crippen LogP contribution < -0.4 is 11.1 Å². The molecule has 5 nitrogen and oxygen atoms in total. The Bertz CT molecular complexity index is 499. The third-order valence-electron chi connectivity index (χ3n) is 2.78. The monoisotopic (exact) mass is 330 g/mol. The number of hydrogen-bond acceptors (Lipinski definition) is 5. The second kappa shape index (κ2) is 8.92. The molecule has 0 heterocycles. The maximum absolute atomic E-state index is 11.8. The molecule has 0 aliphatic heterocycles. The number of hydrogen-bond donors (Lipinski definition) is 2. The number of ether oxygens (including phenoxy) is 1. The lowest BCUT2D eigenvalue weighted by Gasteiger charge is -2.16. The Morgan fingerprint density at radius 3 is 2.71 bits per heavy atom.